The highest BCUT2D eigenvalue weighted by Gasteiger charge is 2.21. The minimum atomic E-state index is -0.149. The lowest BCUT2D eigenvalue weighted by molar-refractivity contribution is -0.116. The topological polar surface area (TPSA) is 80.9 Å². The van der Waals surface area contributed by atoms with E-state index in [4.69, 9.17) is 4.52 Å². The summed E-state index contributed by atoms with van der Waals surface area (Å²) in [4.78, 5) is 22.2. The molecule has 0 radical (unpaired) electrons. The monoisotopic (exact) mass is 334 g/mol. The van der Waals surface area contributed by atoms with E-state index in [1.54, 1.807) is 11.3 Å². The first-order valence-electron chi connectivity index (χ1n) is 8.03. The van der Waals surface area contributed by atoms with Crippen molar-refractivity contribution in [1.29, 1.82) is 0 Å². The molecule has 1 N–H and O–H groups in total. The van der Waals surface area contributed by atoms with Crippen molar-refractivity contribution in [3.05, 3.63) is 22.3 Å². The SMILES string of the molecule is CC(C)(C)c1noc(CCC(=O)Nc2nc3c(s2)CCCC3)n1. The molecule has 23 heavy (non-hydrogen) atoms. The fraction of sp³-hybridized carbons (Fsp3) is 0.625. The molecule has 3 rings (SSSR count). The van der Waals surface area contributed by atoms with Crippen LogP contribution in [0.15, 0.2) is 4.52 Å². The number of carbonyl (C=O) groups is 1. The van der Waals surface area contributed by atoms with Gasteiger partial charge in [0.1, 0.15) is 0 Å². The highest BCUT2D eigenvalue weighted by molar-refractivity contribution is 7.15. The van der Waals surface area contributed by atoms with Crippen LogP contribution in [0.3, 0.4) is 0 Å². The lowest BCUT2D eigenvalue weighted by atomic mass is 9.96. The molecule has 0 atom stereocenters. The number of amides is 1. The zero-order chi connectivity index (χ0) is 16.4. The average Bonchev–Trinajstić information content (AvgIpc) is 3.10. The lowest BCUT2D eigenvalue weighted by Crippen LogP contribution is -2.14. The minimum Gasteiger partial charge on any atom is -0.339 e. The Bertz CT molecular complexity index is 676. The van der Waals surface area contributed by atoms with E-state index in [0.717, 1.165) is 18.5 Å². The molecule has 1 aliphatic rings. The van der Waals surface area contributed by atoms with Crippen LogP contribution in [0.2, 0.25) is 0 Å². The number of aryl methyl sites for hydroxylation is 3. The molecule has 1 amide bonds. The quantitative estimate of drug-likeness (QED) is 0.928. The lowest BCUT2D eigenvalue weighted by Gasteiger charge is -2.10. The molecule has 0 unspecified atom stereocenters. The summed E-state index contributed by atoms with van der Waals surface area (Å²) in [6.45, 7) is 6.08. The van der Waals surface area contributed by atoms with E-state index < -0.39 is 0 Å². The molecule has 0 fully saturated rings. The number of rotatable bonds is 4. The highest BCUT2D eigenvalue weighted by atomic mass is 32.1. The van der Waals surface area contributed by atoms with E-state index in [-0.39, 0.29) is 11.3 Å². The second-order valence-corrected chi connectivity index (χ2v) is 7.99. The van der Waals surface area contributed by atoms with Crippen LogP contribution in [0.25, 0.3) is 0 Å². The van der Waals surface area contributed by atoms with Gasteiger partial charge in [-0.15, -0.1) is 11.3 Å². The smallest absolute Gasteiger partial charge is 0.227 e. The van der Waals surface area contributed by atoms with Gasteiger partial charge in [-0.3, -0.25) is 4.79 Å². The van der Waals surface area contributed by atoms with Crippen molar-refractivity contribution in [2.45, 2.75) is 64.7 Å². The van der Waals surface area contributed by atoms with E-state index in [1.165, 1.54) is 17.7 Å². The van der Waals surface area contributed by atoms with Crippen LogP contribution in [0, 0.1) is 0 Å². The largest absolute Gasteiger partial charge is 0.339 e. The van der Waals surface area contributed by atoms with Gasteiger partial charge in [0.05, 0.1) is 5.69 Å². The number of hydrogen-bond acceptors (Lipinski definition) is 6. The molecular weight excluding hydrogens is 312 g/mol. The summed E-state index contributed by atoms with van der Waals surface area (Å²) in [6, 6.07) is 0. The number of nitrogens with one attached hydrogen (secondary N) is 1. The van der Waals surface area contributed by atoms with Gasteiger partial charge in [0, 0.05) is 23.1 Å². The maximum atomic E-state index is 12.1. The molecule has 0 spiro atoms. The Labute approximate surface area is 139 Å². The van der Waals surface area contributed by atoms with Gasteiger partial charge >= 0.3 is 0 Å². The molecule has 2 aromatic heterocycles. The van der Waals surface area contributed by atoms with Gasteiger partial charge in [0.25, 0.3) is 0 Å². The number of nitrogens with zero attached hydrogens (tertiary/aromatic N) is 3. The normalized spacial score (nSPS) is 14.6. The molecule has 6 nitrogen and oxygen atoms in total. The number of thiazole rings is 1. The third kappa shape index (κ3) is 3.96. The summed E-state index contributed by atoms with van der Waals surface area (Å²) in [5.74, 6) is 1.11. The van der Waals surface area contributed by atoms with E-state index >= 15 is 0 Å². The van der Waals surface area contributed by atoms with Crippen molar-refractivity contribution in [3.63, 3.8) is 0 Å². The third-order valence-electron chi connectivity index (χ3n) is 3.80. The van der Waals surface area contributed by atoms with Crippen molar-refractivity contribution >= 4 is 22.4 Å². The molecule has 2 aromatic rings. The van der Waals surface area contributed by atoms with Gasteiger partial charge in [0.15, 0.2) is 11.0 Å². The molecule has 0 saturated carbocycles. The maximum absolute atomic E-state index is 12.1. The molecule has 0 bridgehead atoms. The number of carbonyl (C=O) groups excluding carboxylic acids is 1. The predicted molar refractivity (Wildman–Crippen MR) is 88.7 cm³/mol. The van der Waals surface area contributed by atoms with E-state index in [2.05, 4.69) is 20.4 Å². The van der Waals surface area contributed by atoms with E-state index in [1.807, 2.05) is 20.8 Å². The van der Waals surface area contributed by atoms with Crippen molar-refractivity contribution in [1.82, 2.24) is 15.1 Å². The van der Waals surface area contributed by atoms with E-state index in [0.29, 0.717) is 29.7 Å². The zero-order valence-corrected chi connectivity index (χ0v) is 14.6. The second kappa shape index (κ2) is 6.39. The van der Waals surface area contributed by atoms with E-state index in [9.17, 15) is 4.79 Å². The highest BCUT2D eigenvalue weighted by Crippen LogP contribution is 2.29. The number of anilines is 1. The molecule has 124 valence electrons. The number of fused-ring (bicyclic) bond motifs is 1. The Balaban J connectivity index is 1.53. The van der Waals surface area contributed by atoms with Gasteiger partial charge in [0.2, 0.25) is 11.8 Å². The van der Waals surface area contributed by atoms with Crippen molar-refractivity contribution < 1.29 is 9.32 Å². The maximum Gasteiger partial charge on any atom is 0.227 e. The van der Waals surface area contributed by atoms with Crippen molar-refractivity contribution in [3.8, 4) is 0 Å². The summed E-state index contributed by atoms with van der Waals surface area (Å²) in [5, 5.41) is 7.56. The Morgan fingerprint density at radius 3 is 2.74 bits per heavy atom. The second-order valence-electron chi connectivity index (χ2n) is 6.91. The van der Waals surface area contributed by atoms with Crippen molar-refractivity contribution in [2.75, 3.05) is 5.32 Å². The number of aromatic nitrogens is 3. The van der Waals surface area contributed by atoms with Gasteiger partial charge in [-0.1, -0.05) is 25.9 Å². The van der Waals surface area contributed by atoms with Crippen LogP contribution >= 0.6 is 11.3 Å². The molecule has 0 aliphatic heterocycles. The summed E-state index contributed by atoms with van der Waals surface area (Å²) < 4.78 is 5.20. The molecule has 2 heterocycles. The van der Waals surface area contributed by atoms with Crippen LogP contribution < -0.4 is 5.32 Å². The molecule has 0 aromatic carbocycles. The third-order valence-corrected chi connectivity index (χ3v) is 4.87. The predicted octanol–water partition coefficient (Wildman–Crippen LogP) is 3.27. The fourth-order valence-corrected chi connectivity index (χ4v) is 3.53. The minimum absolute atomic E-state index is 0.0633. The fourth-order valence-electron chi connectivity index (χ4n) is 2.47. The molecule has 0 saturated heterocycles. The van der Waals surface area contributed by atoms with Gasteiger partial charge < -0.3 is 9.84 Å². The summed E-state index contributed by atoms with van der Waals surface area (Å²) in [6.07, 6.45) is 5.28. The Morgan fingerprint density at radius 2 is 2.04 bits per heavy atom. The summed E-state index contributed by atoms with van der Waals surface area (Å²) in [5.41, 5.74) is 1.01. The van der Waals surface area contributed by atoms with Crippen molar-refractivity contribution in [2.24, 2.45) is 0 Å². The molecular formula is C16H22N4O2S. The van der Waals surface area contributed by atoms with Crippen LogP contribution in [0.4, 0.5) is 5.13 Å². The summed E-state index contributed by atoms with van der Waals surface area (Å²) in [7, 11) is 0. The van der Waals surface area contributed by atoms with Gasteiger partial charge in [-0.05, 0) is 25.7 Å². The van der Waals surface area contributed by atoms with Crippen LogP contribution in [0.5, 0.6) is 0 Å². The van der Waals surface area contributed by atoms with Crippen LogP contribution in [-0.4, -0.2) is 21.0 Å². The first-order chi connectivity index (χ1) is 10.9. The first kappa shape index (κ1) is 16.1. The standard InChI is InChI=1S/C16H22N4O2S/c1-16(2,3)14-19-13(22-20-14)9-8-12(21)18-15-17-10-6-4-5-7-11(10)23-15/h4-9H2,1-3H3,(H,17,18,21). The first-order valence-corrected chi connectivity index (χ1v) is 8.85. The van der Waals surface area contributed by atoms with Gasteiger partial charge in [-0.25, -0.2) is 4.98 Å². The van der Waals surface area contributed by atoms with Crippen LogP contribution in [0.1, 0.15) is 62.3 Å². The molecule has 7 heteroatoms. The number of hydrogen-bond donors (Lipinski definition) is 1. The average molecular weight is 334 g/mol. The van der Waals surface area contributed by atoms with Gasteiger partial charge in [-0.2, -0.15) is 4.98 Å². The van der Waals surface area contributed by atoms with Crippen LogP contribution in [-0.2, 0) is 29.5 Å². The molecule has 1 aliphatic carbocycles. The zero-order valence-electron chi connectivity index (χ0n) is 13.8. The Morgan fingerprint density at radius 1 is 1.26 bits per heavy atom. The Kier molecular flexibility index (Phi) is 4.48. The Hall–Kier alpha value is -1.76. The summed E-state index contributed by atoms with van der Waals surface area (Å²) >= 11 is 1.60.